The van der Waals surface area contributed by atoms with Crippen LogP contribution in [0.15, 0.2) is 59.5 Å². The van der Waals surface area contributed by atoms with Crippen LogP contribution in [0.5, 0.6) is 0 Å². The summed E-state index contributed by atoms with van der Waals surface area (Å²) in [7, 11) is -4.00. The van der Waals surface area contributed by atoms with Crippen LogP contribution in [0.1, 0.15) is 17.5 Å². The molecule has 8 heteroatoms. The van der Waals surface area contributed by atoms with Gasteiger partial charge in [-0.15, -0.1) is 0 Å². The average molecular weight is 408 g/mol. The zero-order chi connectivity index (χ0) is 20.1. The van der Waals surface area contributed by atoms with Gasteiger partial charge in [-0.05, 0) is 24.6 Å². The number of hydrogen-bond acceptors (Lipinski definition) is 7. The molecule has 2 aromatic carbocycles. The number of aliphatic hydroxyl groups excluding tert-OH is 2. The van der Waals surface area contributed by atoms with Gasteiger partial charge < -0.3 is 19.7 Å². The Bertz CT molecular complexity index is 852. The van der Waals surface area contributed by atoms with Crippen molar-refractivity contribution in [3.63, 3.8) is 0 Å². The lowest BCUT2D eigenvalue weighted by Crippen LogP contribution is -2.51. The van der Waals surface area contributed by atoms with Crippen LogP contribution < -0.4 is 0 Å². The Morgan fingerprint density at radius 1 is 1.07 bits per heavy atom. The average Bonchev–Trinajstić information content (AvgIpc) is 2.68. The Morgan fingerprint density at radius 3 is 2.43 bits per heavy atom. The van der Waals surface area contributed by atoms with Gasteiger partial charge in [0.1, 0.15) is 12.2 Å². The van der Waals surface area contributed by atoms with E-state index >= 15 is 0 Å². The Kier molecular flexibility index (Phi) is 6.82. The van der Waals surface area contributed by atoms with Crippen molar-refractivity contribution in [3.05, 3.63) is 65.7 Å². The van der Waals surface area contributed by atoms with Crippen LogP contribution in [-0.2, 0) is 30.4 Å². The van der Waals surface area contributed by atoms with E-state index in [4.69, 9.17) is 13.7 Å². The van der Waals surface area contributed by atoms with Crippen LogP contribution in [0.3, 0.4) is 0 Å². The van der Waals surface area contributed by atoms with E-state index in [1.165, 1.54) is 12.1 Å². The number of aryl methyl sites for hydroxylation is 1. The van der Waals surface area contributed by atoms with Gasteiger partial charge in [-0.2, -0.15) is 8.42 Å². The van der Waals surface area contributed by atoms with E-state index in [-0.39, 0.29) is 17.9 Å². The van der Waals surface area contributed by atoms with Crippen LogP contribution in [0.25, 0.3) is 0 Å². The predicted molar refractivity (Wildman–Crippen MR) is 101 cm³/mol. The molecule has 0 amide bonds. The van der Waals surface area contributed by atoms with E-state index in [1.54, 1.807) is 12.1 Å². The smallest absolute Gasteiger partial charge is 0.297 e. The van der Waals surface area contributed by atoms with E-state index in [0.717, 1.165) is 11.1 Å². The van der Waals surface area contributed by atoms with Gasteiger partial charge in [0.2, 0.25) is 0 Å². The molecule has 0 spiro atoms. The Balaban J connectivity index is 1.60. The summed E-state index contributed by atoms with van der Waals surface area (Å²) in [4.78, 5) is 0.0147. The number of aliphatic hydroxyl groups is 2. The van der Waals surface area contributed by atoms with Gasteiger partial charge in [-0.1, -0.05) is 48.0 Å². The third kappa shape index (κ3) is 5.38. The highest BCUT2D eigenvalue weighted by atomic mass is 32.2. The van der Waals surface area contributed by atoms with Crippen molar-refractivity contribution < 1.29 is 32.3 Å². The number of rotatable bonds is 7. The molecule has 0 radical (unpaired) electrons. The summed E-state index contributed by atoms with van der Waals surface area (Å²) in [5, 5.41) is 20.4. The minimum absolute atomic E-state index is 0.0147. The third-order valence-corrected chi connectivity index (χ3v) is 5.83. The highest BCUT2D eigenvalue weighted by Crippen LogP contribution is 2.24. The lowest BCUT2D eigenvalue weighted by atomic mass is 10.0. The van der Waals surface area contributed by atoms with Crippen LogP contribution in [-0.4, -0.2) is 49.8 Å². The van der Waals surface area contributed by atoms with Crippen molar-refractivity contribution in [1.82, 2.24) is 0 Å². The van der Waals surface area contributed by atoms with E-state index in [0.29, 0.717) is 0 Å². The van der Waals surface area contributed by atoms with Gasteiger partial charge in [0.15, 0.2) is 6.29 Å². The van der Waals surface area contributed by atoms with Crippen LogP contribution in [0.4, 0.5) is 0 Å². The molecular weight excluding hydrogens is 384 g/mol. The summed E-state index contributed by atoms with van der Waals surface area (Å²) in [6, 6.07) is 15.6. The monoisotopic (exact) mass is 408 g/mol. The maximum atomic E-state index is 12.3. The zero-order valence-corrected chi connectivity index (χ0v) is 16.3. The second-order valence-electron chi connectivity index (χ2n) is 6.74. The molecule has 4 atom stereocenters. The topological polar surface area (TPSA) is 102 Å². The van der Waals surface area contributed by atoms with Crippen molar-refractivity contribution in [2.75, 3.05) is 6.61 Å². The lowest BCUT2D eigenvalue weighted by molar-refractivity contribution is -0.247. The van der Waals surface area contributed by atoms with E-state index in [2.05, 4.69) is 0 Å². The molecule has 0 bridgehead atoms. The first kappa shape index (κ1) is 20.9. The number of benzene rings is 2. The molecule has 3 rings (SSSR count). The second kappa shape index (κ2) is 9.13. The van der Waals surface area contributed by atoms with Crippen LogP contribution >= 0.6 is 0 Å². The van der Waals surface area contributed by atoms with Crippen molar-refractivity contribution in [1.29, 1.82) is 0 Å². The van der Waals surface area contributed by atoms with Crippen molar-refractivity contribution in [2.24, 2.45) is 0 Å². The summed E-state index contributed by atoms with van der Waals surface area (Å²) < 4.78 is 40.7. The first-order valence-corrected chi connectivity index (χ1v) is 10.4. The summed E-state index contributed by atoms with van der Waals surface area (Å²) in [5.41, 5.74) is 1.84. The molecule has 2 aromatic rings. The Hall–Kier alpha value is -1.81. The first-order chi connectivity index (χ1) is 13.3. The molecule has 1 fully saturated rings. The van der Waals surface area contributed by atoms with E-state index < -0.39 is 41.3 Å². The molecule has 1 aliphatic heterocycles. The fraction of sp³-hybridized carbons (Fsp3) is 0.400. The quantitative estimate of drug-likeness (QED) is 0.673. The number of hydrogen-bond donors (Lipinski definition) is 2. The van der Waals surface area contributed by atoms with Gasteiger partial charge in [-0.3, -0.25) is 4.18 Å². The standard InChI is InChI=1S/C20H24O7S/c1-14-7-9-16(10-8-14)28(23,24)26-13-18-20(22)17(11-19(21)27-18)25-12-15-5-3-2-4-6-15/h2-10,17-22H,11-13H2,1H3/t17-,18+,19?,20+/m0/s1. The normalized spacial score (nSPS) is 25.5. The maximum absolute atomic E-state index is 12.3. The lowest BCUT2D eigenvalue weighted by Gasteiger charge is -2.37. The van der Waals surface area contributed by atoms with E-state index in [9.17, 15) is 18.6 Å². The van der Waals surface area contributed by atoms with Gasteiger partial charge in [0.25, 0.3) is 10.1 Å². The molecule has 0 aromatic heterocycles. The molecule has 2 N–H and O–H groups in total. The zero-order valence-electron chi connectivity index (χ0n) is 15.5. The Morgan fingerprint density at radius 2 is 1.75 bits per heavy atom. The number of ether oxygens (including phenoxy) is 2. The van der Waals surface area contributed by atoms with Gasteiger partial charge >= 0.3 is 0 Å². The minimum Gasteiger partial charge on any atom is -0.388 e. The SMILES string of the molecule is Cc1ccc(S(=O)(=O)OC[C@H]2OC(O)C[C@H](OCc3ccccc3)[C@H]2O)cc1. The first-order valence-electron chi connectivity index (χ1n) is 8.98. The van der Waals surface area contributed by atoms with E-state index in [1.807, 2.05) is 37.3 Å². The molecule has 152 valence electrons. The highest BCUT2D eigenvalue weighted by molar-refractivity contribution is 7.86. The van der Waals surface area contributed by atoms with Crippen molar-refractivity contribution in [3.8, 4) is 0 Å². The predicted octanol–water partition coefficient (Wildman–Crippen LogP) is 1.75. The second-order valence-corrected chi connectivity index (χ2v) is 8.36. The maximum Gasteiger partial charge on any atom is 0.297 e. The van der Waals surface area contributed by atoms with Crippen LogP contribution in [0, 0.1) is 6.92 Å². The minimum atomic E-state index is -4.00. The molecule has 1 aliphatic rings. The Labute approximate surface area is 164 Å². The fourth-order valence-corrected chi connectivity index (χ4v) is 3.85. The third-order valence-electron chi connectivity index (χ3n) is 4.53. The molecule has 1 unspecified atom stereocenters. The molecule has 0 aliphatic carbocycles. The molecular formula is C20H24O7S. The van der Waals surface area contributed by atoms with Crippen LogP contribution in [0.2, 0.25) is 0 Å². The summed E-state index contributed by atoms with van der Waals surface area (Å²) in [6.07, 6.45) is -3.99. The molecule has 1 saturated heterocycles. The molecule has 0 saturated carbocycles. The molecule has 7 nitrogen and oxygen atoms in total. The molecule has 28 heavy (non-hydrogen) atoms. The van der Waals surface area contributed by atoms with Gasteiger partial charge in [-0.25, -0.2) is 0 Å². The van der Waals surface area contributed by atoms with Crippen molar-refractivity contribution in [2.45, 2.75) is 49.4 Å². The summed E-state index contributed by atoms with van der Waals surface area (Å²) >= 11 is 0. The fourth-order valence-electron chi connectivity index (χ4n) is 2.93. The van der Waals surface area contributed by atoms with Crippen molar-refractivity contribution >= 4 is 10.1 Å². The molecule has 1 heterocycles. The highest BCUT2D eigenvalue weighted by Gasteiger charge is 2.38. The summed E-state index contributed by atoms with van der Waals surface area (Å²) in [5.74, 6) is 0. The largest absolute Gasteiger partial charge is 0.388 e. The summed E-state index contributed by atoms with van der Waals surface area (Å²) in [6.45, 7) is 1.67. The van der Waals surface area contributed by atoms with Gasteiger partial charge in [0, 0.05) is 6.42 Å². The van der Waals surface area contributed by atoms with Gasteiger partial charge in [0.05, 0.1) is 24.2 Å².